The summed E-state index contributed by atoms with van der Waals surface area (Å²) in [4.78, 5) is 26.2. The van der Waals surface area contributed by atoms with Crippen LogP contribution >= 0.6 is 0 Å². The molecule has 2 heterocycles. The van der Waals surface area contributed by atoms with Gasteiger partial charge in [-0.2, -0.15) is 10.4 Å². The highest BCUT2D eigenvalue weighted by Crippen LogP contribution is 2.37. The van der Waals surface area contributed by atoms with Gasteiger partial charge in [-0.05, 0) is 64.6 Å². The van der Waals surface area contributed by atoms with Gasteiger partial charge in [0.1, 0.15) is 5.60 Å². The number of rotatable bonds is 8. The molecule has 0 bridgehead atoms. The number of nitrogens with one attached hydrogen (secondary N) is 2. The summed E-state index contributed by atoms with van der Waals surface area (Å²) in [5, 5.41) is 20.7. The van der Waals surface area contributed by atoms with E-state index in [1.54, 1.807) is 18.1 Å². The van der Waals surface area contributed by atoms with Crippen LogP contribution in [0.4, 0.5) is 10.6 Å². The Balaban J connectivity index is 1.91. The second kappa shape index (κ2) is 9.63. The number of hydrogen-bond acceptors (Lipinski definition) is 7. The van der Waals surface area contributed by atoms with E-state index in [4.69, 9.17) is 9.84 Å². The molecule has 9 heteroatoms. The SMILES string of the molecule is CN/C=C\c1c(C=O)c(NCC2CC2)nn1C1(CC#N)CCN(C(=O)OC(C)(C)C)CC1. The summed E-state index contributed by atoms with van der Waals surface area (Å²) in [5.41, 5.74) is -0.0257. The number of carbonyl (C=O) groups excluding carboxylic acids is 2. The Bertz CT molecular complexity index is 896. The van der Waals surface area contributed by atoms with Gasteiger partial charge >= 0.3 is 6.09 Å². The van der Waals surface area contributed by atoms with Crippen LogP contribution in [0.15, 0.2) is 6.20 Å². The number of nitriles is 1. The Kier molecular flexibility index (Phi) is 7.12. The van der Waals surface area contributed by atoms with Crippen LogP contribution in [-0.2, 0) is 10.3 Å². The van der Waals surface area contributed by atoms with E-state index in [1.165, 1.54) is 12.8 Å². The average Bonchev–Trinajstić information content (AvgIpc) is 3.50. The van der Waals surface area contributed by atoms with Gasteiger partial charge in [0.05, 0.1) is 29.3 Å². The van der Waals surface area contributed by atoms with Gasteiger partial charge in [-0.1, -0.05) is 0 Å². The zero-order valence-electron chi connectivity index (χ0n) is 19.5. The maximum atomic E-state index is 12.5. The third kappa shape index (κ3) is 5.42. The molecule has 2 N–H and O–H groups in total. The molecule has 2 aliphatic rings. The summed E-state index contributed by atoms with van der Waals surface area (Å²) >= 11 is 0. The molecule has 2 fully saturated rings. The molecular formula is C23H34N6O3. The molecule has 0 unspecified atom stereocenters. The van der Waals surface area contributed by atoms with Crippen molar-refractivity contribution in [2.75, 3.05) is 32.0 Å². The van der Waals surface area contributed by atoms with E-state index in [0.29, 0.717) is 48.9 Å². The summed E-state index contributed by atoms with van der Waals surface area (Å²) in [6, 6.07) is 2.31. The molecule has 1 aliphatic carbocycles. The molecule has 1 saturated heterocycles. The number of nitrogens with zero attached hydrogens (tertiary/aromatic N) is 4. The molecule has 1 aliphatic heterocycles. The van der Waals surface area contributed by atoms with Crippen molar-refractivity contribution in [1.82, 2.24) is 20.0 Å². The predicted molar refractivity (Wildman–Crippen MR) is 122 cm³/mol. The number of piperidine rings is 1. The minimum atomic E-state index is -0.613. The molecule has 1 saturated carbocycles. The lowest BCUT2D eigenvalue weighted by atomic mass is 9.84. The van der Waals surface area contributed by atoms with Crippen LogP contribution in [0, 0.1) is 17.2 Å². The van der Waals surface area contributed by atoms with Crippen molar-refractivity contribution in [3.05, 3.63) is 17.5 Å². The smallest absolute Gasteiger partial charge is 0.410 e. The number of anilines is 1. The number of aromatic nitrogens is 2. The molecular weight excluding hydrogens is 408 g/mol. The summed E-state index contributed by atoms with van der Waals surface area (Å²) in [7, 11) is 1.79. The summed E-state index contributed by atoms with van der Waals surface area (Å²) in [6.07, 6.45) is 7.75. The zero-order valence-corrected chi connectivity index (χ0v) is 19.5. The number of aldehydes is 1. The zero-order chi connectivity index (χ0) is 23.4. The first kappa shape index (κ1) is 23.6. The number of ether oxygens (including phenoxy) is 1. The van der Waals surface area contributed by atoms with Gasteiger partial charge in [-0.25, -0.2) is 4.79 Å². The number of likely N-dealkylation sites (tertiary alicyclic amines) is 1. The molecule has 1 aromatic heterocycles. The lowest BCUT2D eigenvalue weighted by molar-refractivity contribution is 0.0105. The molecule has 0 spiro atoms. The lowest BCUT2D eigenvalue weighted by Crippen LogP contribution is -2.49. The van der Waals surface area contributed by atoms with Crippen LogP contribution in [-0.4, -0.2) is 59.3 Å². The van der Waals surface area contributed by atoms with Crippen LogP contribution in [0.3, 0.4) is 0 Å². The van der Waals surface area contributed by atoms with Crippen molar-refractivity contribution in [2.24, 2.45) is 5.92 Å². The van der Waals surface area contributed by atoms with Crippen molar-refractivity contribution in [2.45, 2.75) is 64.0 Å². The van der Waals surface area contributed by atoms with Crippen LogP contribution < -0.4 is 10.6 Å². The standard InChI is InChI=1S/C23H34N6O3/c1-22(2,3)32-21(31)28-13-9-23(8-11-24,10-14-28)29-19(7-12-25-4)18(16-30)20(27-29)26-15-17-5-6-17/h7,12,16-17,25H,5-6,8-10,13-15H2,1-4H3,(H,26,27)/b12-7-. The van der Waals surface area contributed by atoms with E-state index in [1.807, 2.05) is 31.5 Å². The predicted octanol–water partition coefficient (Wildman–Crippen LogP) is 3.35. The van der Waals surface area contributed by atoms with E-state index in [0.717, 1.165) is 12.8 Å². The molecule has 0 aromatic carbocycles. The van der Waals surface area contributed by atoms with Crippen LogP contribution in [0.25, 0.3) is 6.08 Å². The molecule has 3 rings (SSSR count). The van der Waals surface area contributed by atoms with Gasteiger partial charge < -0.3 is 20.3 Å². The highest BCUT2D eigenvalue weighted by molar-refractivity contribution is 5.88. The normalized spacial score (nSPS) is 18.3. The van der Waals surface area contributed by atoms with Crippen molar-refractivity contribution < 1.29 is 14.3 Å². The van der Waals surface area contributed by atoms with Gasteiger partial charge in [-0.15, -0.1) is 0 Å². The van der Waals surface area contributed by atoms with E-state index in [2.05, 4.69) is 16.7 Å². The maximum absolute atomic E-state index is 12.5. The molecule has 32 heavy (non-hydrogen) atoms. The minimum absolute atomic E-state index is 0.234. The Labute approximate surface area is 189 Å². The van der Waals surface area contributed by atoms with Crippen LogP contribution in [0.2, 0.25) is 0 Å². The fourth-order valence-electron chi connectivity index (χ4n) is 3.98. The quantitative estimate of drug-likeness (QED) is 0.594. The molecule has 0 atom stereocenters. The number of carbonyl (C=O) groups is 2. The minimum Gasteiger partial charge on any atom is -0.444 e. The van der Waals surface area contributed by atoms with Gasteiger partial charge in [0.2, 0.25) is 0 Å². The highest BCUT2D eigenvalue weighted by Gasteiger charge is 2.41. The van der Waals surface area contributed by atoms with Gasteiger partial charge in [-0.3, -0.25) is 9.48 Å². The summed E-state index contributed by atoms with van der Waals surface area (Å²) in [6.45, 7) is 7.21. The molecule has 1 amide bonds. The molecule has 174 valence electrons. The fourth-order valence-corrected chi connectivity index (χ4v) is 3.98. The Morgan fingerprint density at radius 2 is 2.03 bits per heavy atom. The number of hydrogen-bond donors (Lipinski definition) is 2. The Morgan fingerprint density at radius 3 is 2.56 bits per heavy atom. The Hall–Kier alpha value is -3.02. The van der Waals surface area contributed by atoms with Gasteiger partial charge in [0.15, 0.2) is 12.1 Å². The molecule has 9 nitrogen and oxygen atoms in total. The van der Waals surface area contributed by atoms with E-state index in [-0.39, 0.29) is 12.5 Å². The Morgan fingerprint density at radius 1 is 1.34 bits per heavy atom. The fraction of sp³-hybridized carbons (Fsp3) is 0.652. The van der Waals surface area contributed by atoms with Crippen molar-refractivity contribution in [3.63, 3.8) is 0 Å². The number of amides is 1. The first-order chi connectivity index (χ1) is 15.2. The summed E-state index contributed by atoms with van der Waals surface area (Å²) < 4.78 is 7.34. The van der Waals surface area contributed by atoms with E-state index >= 15 is 0 Å². The largest absolute Gasteiger partial charge is 0.444 e. The van der Waals surface area contributed by atoms with Crippen molar-refractivity contribution in [3.8, 4) is 6.07 Å². The van der Waals surface area contributed by atoms with Crippen LogP contribution in [0.1, 0.15) is 68.9 Å². The van der Waals surface area contributed by atoms with Crippen molar-refractivity contribution >= 4 is 24.3 Å². The first-order valence-electron chi connectivity index (χ1n) is 11.2. The topological polar surface area (TPSA) is 112 Å². The second-order valence-electron chi connectivity index (χ2n) is 9.65. The van der Waals surface area contributed by atoms with Crippen molar-refractivity contribution in [1.29, 1.82) is 5.26 Å². The van der Waals surface area contributed by atoms with E-state index < -0.39 is 11.1 Å². The van der Waals surface area contributed by atoms with Gasteiger partial charge in [0, 0.05) is 26.7 Å². The maximum Gasteiger partial charge on any atom is 0.410 e. The second-order valence-corrected chi connectivity index (χ2v) is 9.65. The first-order valence-corrected chi connectivity index (χ1v) is 11.2. The van der Waals surface area contributed by atoms with Gasteiger partial charge in [0.25, 0.3) is 0 Å². The third-order valence-electron chi connectivity index (χ3n) is 5.94. The molecule has 1 aromatic rings. The third-order valence-corrected chi connectivity index (χ3v) is 5.94. The summed E-state index contributed by atoms with van der Waals surface area (Å²) in [5.74, 6) is 1.18. The van der Waals surface area contributed by atoms with E-state index in [9.17, 15) is 14.9 Å². The average molecular weight is 443 g/mol. The highest BCUT2D eigenvalue weighted by atomic mass is 16.6. The van der Waals surface area contributed by atoms with Crippen LogP contribution in [0.5, 0.6) is 0 Å². The molecule has 0 radical (unpaired) electrons. The lowest BCUT2D eigenvalue weighted by Gasteiger charge is -2.41. The monoisotopic (exact) mass is 442 g/mol.